The van der Waals surface area contributed by atoms with Gasteiger partial charge in [-0.05, 0) is 30.7 Å². The molecule has 0 saturated heterocycles. The molecule has 1 saturated carbocycles. The van der Waals surface area contributed by atoms with Crippen molar-refractivity contribution in [2.75, 3.05) is 7.05 Å². The van der Waals surface area contributed by atoms with E-state index in [1.54, 1.807) is 0 Å². The molecule has 1 unspecified atom stereocenters. The second-order valence-electron chi connectivity index (χ2n) is 9.19. The summed E-state index contributed by atoms with van der Waals surface area (Å²) in [6, 6.07) is 8.90. The highest BCUT2D eigenvalue weighted by molar-refractivity contribution is 8.00. The number of aromatic nitrogens is 3. The average molecular weight is 415 g/mol. The van der Waals surface area contributed by atoms with E-state index >= 15 is 0 Å². The molecule has 0 aliphatic heterocycles. The van der Waals surface area contributed by atoms with Crippen LogP contribution in [0.25, 0.3) is 11.4 Å². The minimum absolute atomic E-state index is 0.125. The summed E-state index contributed by atoms with van der Waals surface area (Å²) in [5.41, 5.74) is 2.46. The maximum Gasteiger partial charge on any atom is 0.235 e. The van der Waals surface area contributed by atoms with Crippen molar-refractivity contribution >= 4 is 17.7 Å². The summed E-state index contributed by atoms with van der Waals surface area (Å²) < 4.78 is 1.99. The number of thioether (sulfide) groups is 1. The zero-order valence-corrected chi connectivity index (χ0v) is 19.4. The number of rotatable bonds is 5. The van der Waals surface area contributed by atoms with Gasteiger partial charge in [0.25, 0.3) is 0 Å². The quantitative estimate of drug-likeness (QED) is 0.642. The molecule has 0 N–H and O–H groups in total. The molecule has 1 aliphatic carbocycles. The lowest BCUT2D eigenvalue weighted by Gasteiger charge is -2.32. The third-order valence-corrected chi connectivity index (χ3v) is 7.07. The van der Waals surface area contributed by atoms with E-state index in [4.69, 9.17) is 0 Å². The molecule has 6 heteroatoms. The SMILES string of the molecule is CC(Sc1nnc(-c2ccc(C(C)(C)C)cc2)n1C)C(=O)N(C)C1CCCCC1. The molecule has 0 bridgehead atoms. The molecule has 158 valence electrons. The van der Waals surface area contributed by atoms with Crippen LogP contribution in [-0.4, -0.2) is 43.9 Å². The fourth-order valence-electron chi connectivity index (χ4n) is 3.93. The van der Waals surface area contributed by atoms with Crippen molar-refractivity contribution in [3.05, 3.63) is 29.8 Å². The van der Waals surface area contributed by atoms with Gasteiger partial charge in [0.2, 0.25) is 5.91 Å². The van der Waals surface area contributed by atoms with Crippen LogP contribution in [0.15, 0.2) is 29.4 Å². The molecule has 1 heterocycles. The third-order valence-electron chi connectivity index (χ3n) is 5.94. The lowest BCUT2D eigenvalue weighted by molar-refractivity contribution is -0.131. The Labute approximate surface area is 179 Å². The Bertz CT molecular complexity index is 832. The first-order chi connectivity index (χ1) is 13.7. The summed E-state index contributed by atoms with van der Waals surface area (Å²) in [6.07, 6.45) is 5.99. The van der Waals surface area contributed by atoms with Crippen molar-refractivity contribution in [1.29, 1.82) is 0 Å². The van der Waals surface area contributed by atoms with Gasteiger partial charge in [-0.3, -0.25) is 4.79 Å². The molecule has 5 nitrogen and oxygen atoms in total. The number of amides is 1. The van der Waals surface area contributed by atoms with Crippen LogP contribution in [-0.2, 0) is 17.3 Å². The molecule has 2 aromatic rings. The Morgan fingerprint density at radius 3 is 2.34 bits per heavy atom. The summed E-state index contributed by atoms with van der Waals surface area (Å²) in [5, 5.41) is 9.35. The molecule has 0 spiro atoms. The van der Waals surface area contributed by atoms with Crippen molar-refractivity contribution < 1.29 is 4.79 Å². The second-order valence-corrected chi connectivity index (χ2v) is 10.5. The molecule has 29 heavy (non-hydrogen) atoms. The maximum absolute atomic E-state index is 12.9. The summed E-state index contributed by atoms with van der Waals surface area (Å²) >= 11 is 1.49. The van der Waals surface area contributed by atoms with E-state index in [0.717, 1.165) is 29.4 Å². The molecular formula is C23H34N4OS. The molecule has 1 amide bonds. The van der Waals surface area contributed by atoms with Gasteiger partial charge >= 0.3 is 0 Å². The molecule has 1 aliphatic rings. The Balaban J connectivity index is 1.69. The first-order valence-corrected chi connectivity index (χ1v) is 11.5. The first kappa shape index (κ1) is 21.9. The number of hydrogen-bond acceptors (Lipinski definition) is 4. The van der Waals surface area contributed by atoms with Crippen LogP contribution >= 0.6 is 11.8 Å². The van der Waals surface area contributed by atoms with Crippen LogP contribution in [0.1, 0.15) is 65.4 Å². The Hall–Kier alpha value is -1.82. The van der Waals surface area contributed by atoms with Crippen molar-refractivity contribution in [3.63, 3.8) is 0 Å². The van der Waals surface area contributed by atoms with Crippen molar-refractivity contribution in [1.82, 2.24) is 19.7 Å². The normalized spacial score (nSPS) is 16.6. The largest absolute Gasteiger partial charge is 0.342 e. The van der Waals surface area contributed by atoms with E-state index in [-0.39, 0.29) is 16.6 Å². The second kappa shape index (κ2) is 8.90. The molecule has 0 radical (unpaired) electrons. The summed E-state index contributed by atoms with van der Waals surface area (Å²) in [5.74, 6) is 1.01. The van der Waals surface area contributed by atoms with Crippen LogP contribution in [0.4, 0.5) is 0 Å². The zero-order valence-electron chi connectivity index (χ0n) is 18.6. The molecule has 1 aromatic heterocycles. The molecular weight excluding hydrogens is 380 g/mol. The molecule has 1 fully saturated rings. The predicted molar refractivity (Wildman–Crippen MR) is 120 cm³/mol. The van der Waals surface area contributed by atoms with Crippen molar-refractivity contribution in [3.8, 4) is 11.4 Å². The van der Waals surface area contributed by atoms with E-state index in [0.29, 0.717) is 6.04 Å². The van der Waals surface area contributed by atoms with Gasteiger partial charge in [0.15, 0.2) is 11.0 Å². The van der Waals surface area contributed by atoms with Gasteiger partial charge in [-0.1, -0.05) is 76.1 Å². The highest BCUT2D eigenvalue weighted by Gasteiger charge is 2.27. The maximum atomic E-state index is 12.9. The predicted octanol–water partition coefficient (Wildman–Crippen LogP) is 5.05. The Morgan fingerprint density at radius 2 is 1.76 bits per heavy atom. The van der Waals surface area contributed by atoms with E-state index < -0.39 is 0 Å². The van der Waals surface area contributed by atoms with Crippen molar-refractivity contribution in [2.45, 2.75) is 81.7 Å². The summed E-state index contributed by atoms with van der Waals surface area (Å²) in [7, 11) is 3.92. The number of carbonyl (C=O) groups is 1. The van der Waals surface area contributed by atoms with Crippen LogP contribution in [0.3, 0.4) is 0 Å². The minimum atomic E-state index is -0.180. The van der Waals surface area contributed by atoms with Gasteiger partial charge in [-0.15, -0.1) is 10.2 Å². The smallest absolute Gasteiger partial charge is 0.235 e. The topological polar surface area (TPSA) is 51.0 Å². The number of hydrogen-bond donors (Lipinski definition) is 0. The van der Waals surface area contributed by atoms with Crippen molar-refractivity contribution in [2.24, 2.45) is 7.05 Å². The highest BCUT2D eigenvalue weighted by atomic mass is 32.2. The van der Waals surface area contributed by atoms with Crippen LogP contribution in [0.5, 0.6) is 0 Å². The Morgan fingerprint density at radius 1 is 1.14 bits per heavy atom. The van der Waals surface area contributed by atoms with E-state index in [1.807, 2.05) is 30.5 Å². The van der Waals surface area contributed by atoms with Gasteiger partial charge in [-0.25, -0.2) is 0 Å². The molecule has 1 aromatic carbocycles. The van der Waals surface area contributed by atoms with E-state index in [1.165, 1.54) is 36.6 Å². The van der Waals surface area contributed by atoms with Crippen LogP contribution in [0.2, 0.25) is 0 Å². The minimum Gasteiger partial charge on any atom is -0.342 e. The molecule has 3 rings (SSSR count). The van der Waals surface area contributed by atoms with Gasteiger partial charge in [-0.2, -0.15) is 0 Å². The lowest BCUT2D eigenvalue weighted by atomic mass is 9.87. The van der Waals surface area contributed by atoms with Gasteiger partial charge in [0.05, 0.1) is 5.25 Å². The highest BCUT2D eigenvalue weighted by Crippen LogP contribution is 2.30. The van der Waals surface area contributed by atoms with Crippen LogP contribution < -0.4 is 0 Å². The fourth-order valence-corrected chi connectivity index (χ4v) is 4.85. The Kier molecular flexibility index (Phi) is 6.72. The van der Waals surface area contributed by atoms with Gasteiger partial charge in [0, 0.05) is 25.7 Å². The van der Waals surface area contributed by atoms with E-state index in [2.05, 4.69) is 55.2 Å². The number of benzene rings is 1. The summed E-state index contributed by atoms with van der Waals surface area (Å²) in [4.78, 5) is 14.9. The first-order valence-electron chi connectivity index (χ1n) is 10.6. The van der Waals surface area contributed by atoms with Gasteiger partial charge in [0.1, 0.15) is 0 Å². The molecule has 1 atom stereocenters. The number of carbonyl (C=O) groups excluding carboxylic acids is 1. The summed E-state index contributed by atoms with van der Waals surface area (Å²) in [6.45, 7) is 8.60. The monoisotopic (exact) mass is 414 g/mol. The van der Waals surface area contributed by atoms with Gasteiger partial charge < -0.3 is 9.47 Å². The lowest BCUT2D eigenvalue weighted by Crippen LogP contribution is -2.42. The van der Waals surface area contributed by atoms with E-state index in [9.17, 15) is 4.79 Å². The zero-order chi connectivity index (χ0) is 21.2. The third kappa shape index (κ3) is 5.03. The average Bonchev–Trinajstić information content (AvgIpc) is 3.07. The fraction of sp³-hybridized carbons (Fsp3) is 0.609. The standard InChI is InChI=1S/C23H34N4OS/c1-16(21(28)26(5)19-10-8-7-9-11-19)29-22-25-24-20(27(22)6)17-12-14-18(15-13-17)23(2,3)4/h12-16,19H,7-11H2,1-6H3. The number of nitrogens with zero attached hydrogens (tertiary/aromatic N) is 4. The van der Waals surface area contributed by atoms with Crippen LogP contribution in [0, 0.1) is 0 Å².